The van der Waals surface area contributed by atoms with Gasteiger partial charge >= 0.3 is 0 Å². The van der Waals surface area contributed by atoms with Crippen LogP contribution in [-0.4, -0.2) is 41.2 Å². The van der Waals surface area contributed by atoms with Crippen molar-refractivity contribution in [3.05, 3.63) is 71.8 Å². The highest BCUT2D eigenvalue weighted by Gasteiger charge is 2.29. The molecule has 9 heteroatoms. The van der Waals surface area contributed by atoms with Gasteiger partial charge in [0.1, 0.15) is 12.3 Å². The van der Waals surface area contributed by atoms with Crippen LogP contribution >= 0.6 is 0 Å². The third kappa shape index (κ3) is 6.28. The molecule has 0 aromatic heterocycles. The highest BCUT2D eigenvalue weighted by atomic mass is 32.2. The van der Waals surface area contributed by atoms with Gasteiger partial charge in [-0.25, -0.2) is 8.42 Å². The molecule has 1 amide bonds. The zero-order valence-electron chi connectivity index (χ0n) is 21.4. The fourth-order valence-electron chi connectivity index (χ4n) is 3.76. The summed E-state index contributed by atoms with van der Waals surface area (Å²) in [5, 5.41) is 2.79. The van der Waals surface area contributed by atoms with E-state index in [2.05, 4.69) is 5.32 Å². The Bertz CT molecular complexity index is 1320. The number of hydrogen-bond acceptors (Lipinski definition) is 6. The molecule has 3 rings (SSSR count). The lowest BCUT2D eigenvalue weighted by atomic mass is 10.1. The molecule has 0 aliphatic rings. The Balaban J connectivity index is 2.02. The molecule has 0 saturated heterocycles. The molecular weight excluding hydrogens is 480 g/mol. The lowest BCUT2D eigenvalue weighted by Crippen LogP contribution is -2.38. The monoisotopic (exact) mass is 512 g/mol. The fourth-order valence-corrected chi connectivity index (χ4v) is 5.18. The van der Waals surface area contributed by atoms with Crippen molar-refractivity contribution in [2.24, 2.45) is 0 Å². The normalized spacial score (nSPS) is 11.2. The van der Waals surface area contributed by atoms with Crippen LogP contribution in [0.1, 0.15) is 25.0 Å². The maximum Gasteiger partial charge on any atom is 0.264 e. The average Bonchev–Trinajstić information content (AvgIpc) is 2.82. The van der Waals surface area contributed by atoms with Gasteiger partial charge in [0.2, 0.25) is 5.91 Å². The molecule has 3 aromatic carbocycles. The summed E-state index contributed by atoms with van der Waals surface area (Å²) < 4.78 is 45.1. The third-order valence-electron chi connectivity index (χ3n) is 5.25. The number of methoxy groups -OCH3 is 2. The first kappa shape index (κ1) is 26.9. The van der Waals surface area contributed by atoms with Crippen molar-refractivity contribution in [3.63, 3.8) is 0 Å². The number of aryl methyl sites for hydroxylation is 2. The van der Waals surface area contributed by atoms with Crippen LogP contribution in [0.2, 0.25) is 0 Å². The second-order valence-electron chi connectivity index (χ2n) is 8.59. The molecule has 0 atom stereocenters. The predicted molar refractivity (Wildman–Crippen MR) is 141 cm³/mol. The highest BCUT2D eigenvalue weighted by Crippen LogP contribution is 2.33. The summed E-state index contributed by atoms with van der Waals surface area (Å²) in [6.07, 6.45) is -0.0970. The summed E-state index contributed by atoms with van der Waals surface area (Å²) in [5.41, 5.74) is 2.58. The van der Waals surface area contributed by atoms with Crippen LogP contribution < -0.4 is 23.8 Å². The maximum atomic E-state index is 13.8. The third-order valence-corrected chi connectivity index (χ3v) is 7.02. The Hall–Kier alpha value is -3.72. The fraction of sp³-hybridized carbons (Fsp3) is 0.296. The van der Waals surface area contributed by atoms with Crippen molar-refractivity contribution in [1.82, 2.24) is 0 Å². The number of hydrogen-bond donors (Lipinski definition) is 1. The number of nitrogens with one attached hydrogen (secondary N) is 1. The molecule has 0 radical (unpaired) electrons. The first-order chi connectivity index (χ1) is 17.0. The maximum absolute atomic E-state index is 13.8. The summed E-state index contributed by atoms with van der Waals surface area (Å²) in [6, 6.07) is 16.8. The first-order valence-electron chi connectivity index (χ1n) is 11.4. The summed E-state index contributed by atoms with van der Waals surface area (Å²) >= 11 is 0. The van der Waals surface area contributed by atoms with Crippen molar-refractivity contribution in [2.45, 2.75) is 38.7 Å². The molecule has 192 valence electrons. The quantitative estimate of drug-likeness (QED) is 0.413. The summed E-state index contributed by atoms with van der Waals surface area (Å²) in [6.45, 7) is 7.07. The van der Waals surface area contributed by atoms with E-state index in [9.17, 15) is 13.2 Å². The molecule has 0 bridgehead atoms. The van der Waals surface area contributed by atoms with Gasteiger partial charge in [-0.2, -0.15) is 0 Å². The zero-order chi connectivity index (χ0) is 26.5. The number of carbonyl (C=O) groups excluding carboxylic acids is 1. The molecule has 0 aliphatic heterocycles. The van der Waals surface area contributed by atoms with E-state index in [0.717, 1.165) is 15.4 Å². The molecule has 36 heavy (non-hydrogen) atoms. The van der Waals surface area contributed by atoms with Gasteiger partial charge in [-0.3, -0.25) is 9.10 Å². The van der Waals surface area contributed by atoms with Crippen molar-refractivity contribution >= 4 is 27.3 Å². The molecule has 0 unspecified atom stereocenters. The van der Waals surface area contributed by atoms with Gasteiger partial charge in [0.15, 0.2) is 11.5 Å². The van der Waals surface area contributed by atoms with Gasteiger partial charge in [-0.05, 0) is 75.2 Å². The Morgan fingerprint density at radius 3 is 2.14 bits per heavy atom. The molecule has 0 heterocycles. The summed E-state index contributed by atoms with van der Waals surface area (Å²) in [7, 11) is -1.25. The van der Waals surface area contributed by atoms with Crippen LogP contribution in [0.5, 0.6) is 17.2 Å². The first-order valence-corrected chi connectivity index (χ1v) is 12.9. The van der Waals surface area contributed by atoms with Crippen molar-refractivity contribution in [3.8, 4) is 17.2 Å². The van der Waals surface area contributed by atoms with E-state index in [1.807, 2.05) is 33.8 Å². The molecule has 0 spiro atoms. The lowest BCUT2D eigenvalue weighted by Gasteiger charge is -2.25. The van der Waals surface area contributed by atoms with Crippen LogP contribution in [0.3, 0.4) is 0 Å². The SMILES string of the molecule is COc1ccc(S(=O)(=O)N(CC(=O)Nc2ccccc2OC(C)C)c2cc(C)cc(C)c2)cc1OC. The van der Waals surface area contributed by atoms with E-state index in [1.165, 1.54) is 32.4 Å². The van der Waals surface area contributed by atoms with Crippen molar-refractivity contribution in [2.75, 3.05) is 30.4 Å². The van der Waals surface area contributed by atoms with Crippen LogP contribution in [0.4, 0.5) is 11.4 Å². The zero-order valence-corrected chi connectivity index (χ0v) is 22.2. The van der Waals surface area contributed by atoms with Crippen molar-refractivity contribution in [1.29, 1.82) is 0 Å². The predicted octanol–water partition coefficient (Wildman–Crippen LogP) is 4.94. The van der Waals surface area contributed by atoms with E-state index >= 15 is 0 Å². The molecular formula is C27H32N2O6S. The number of benzene rings is 3. The Kier molecular flexibility index (Phi) is 8.47. The Morgan fingerprint density at radius 2 is 1.53 bits per heavy atom. The minimum atomic E-state index is -4.16. The number of rotatable bonds is 10. The minimum absolute atomic E-state index is 0.0318. The Labute approximate surface area is 212 Å². The minimum Gasteiger partial charge on any atom is -0.493 e. The standard InChI is InChI=1S/C27H32N2O6S/c1-18(2)35-24-10-8-7-9-23(24)28-27(30)17-29(21-14-19(3)13-20(4)15-21)36(31,32)22-11-12-25(33-5)26(16-22)34-6/h7-16,18H,17H2,1-6H3,(H,28,30). The number of anilines is 2. The topological polar surface area (TPSA) is 94.2 Å². The van der Waals surface area contributed by atoms with E-state index < -0.39 is 22.5 Å². The number of para-hydroxylation sites is 2. The number of ether oxygens (including phenoxy) is 3. The van der Waals surface area contributed by atoms with E-state index in [0.29, 0.717) is 22.9 Å². The van der Waals surface area contributed by atoms with Gasteiger partial charge in [0.25, 0.3) is 10.0 Å². The summed E-state index contributed by atoms with van der Waals surface area (Å²) in [4.78, 5) is 13.2. The number of sulfonamides is 1. The number of carbonyl (C=O) groups is 1. The summed E-state index contributed by atoms with van der Waals surface area (Å²) in [5.74, 6) is 0.650. The van der Waals surface area contributed by atoms with E-state index in [-0.39, 0.29) is 16.7 Å². The van der Waals surface area contributed by atoms with E-state index in [4.69, 9.17) is 14.2 Å². The van der Waals surface area contributed by atoms with Gasteiger partial charge < -0.3 is 19.5 Å². The number of amides is 1. The molecule has 0 aliphatic carbocycles. The highest BCUT2D eigenvalue weighted by molar-refractivity contribution is 7.92. The largest absolute Gasteiger partial charge is 0.493 e. The van der Waals surface area contributed by atoms with E-state index in [1.54, 1.807) is 36.4 Å². The van der Waals surface area contributed by atoms with Gasteiger partial charge in [0, 0.05) is 6.07 Å². The second kappa shape index (κ2) is 11.3. The number of nitrogens with zero attached hydrogens (tertiary/aromatic N) is 1. The van der Waals surface area contributed by atoms with Crippen LogP contribution in [0, 0.1) is 13.8 Å². The second-order valence-corrected chi connectivity index (χ2v) is 10.4. The smallest absolute Gasteiger partial charge is 0.264 e. The lowest BCUT2D eigenvalue weighted by molar-refractivity contribution is -0.114. The van der Waals surface area contributed by atoms with Gasteiger partial charge in [-0.15, -0.1) is 0 Å². The van der Waals surface area contributed by atoms with Gasteiger partial charge in [-0.1, -0.05) is 18.2 Å². The van der Waals surface area contributed by atoms with Crippen molar-refractivity contribution < 1.29 is 27.4 Å². The van der Waals surface area contributed by atoms with Gasteiger partial charge in [0.05, 0.1) is 36.6 Å². The molecule has 1 N–H and O–H groups in total. The van der Waals surface area contributed by atoms with Crippen LogP contribution in [0.25, 0.3) is 0 Å². The molecule has 0 fully saturated rings. The molecule has 8 nitrogen and oxygen atoms in total. The molecule has 3 aromatic rings. The van der Waals surface area contributed by atoms with Crippen LogP contribution in [0.15, 0.2) is 65.6 Å². The average molecular weight is 513 g/mol. The Morgan fingerprint density at radius 1 is 0.889 bits per heavy atom. The van der Waals surface area contributed by atoms with Crippen LogP contribution in [-0.2, 0) is 14.8 Å². The molecule has 0 saturated carbocycles.